The number of amides is 1. The van der Waals surface area contributed by atoms with E-state index in [0.29, 0.717) is 0 Å². The SMILES string of the molecule is N#C[C@H](COCc1ccccc1)NC(=O)[C@H](CC1CCCCC1)N[C@@H](c1ccc(F)cc1)C(F)(F)F. The first-order valence-corrected chi connectivity index (χ1v) is 12.2. The van der Waals surface area contributed by atoms with Crippen molar-refractivity contribution >= 4 is 5.91 Å². The molecule has 0 aromatic heterocycles. The zero-order valence-electron chi connectivity index (χ0n) is 19.9. The van der Waals surface area contributed by atoms with E-state index in [0.717, 1.165) is 61.9 Å². The highest BCUT2D eigenvalue weighted by Gasteiger charge is 2.43. The summed E-state index contributed by atoms with van der Waals surface area (Å²) in [6.45, 7) is 0.132. The molecule has 2 aromatic rings. The van der Waals surface area contributed by atoms with Gasteiger partial charge in [-0.2, -0.15) is 18.4 Å². The molecule has 5 nitrogen and oxygen atoms in total. The summed E-state index contributed by atoms with van der Waals surface area (Å²) in [4.78, 5) is 13.2. The maximum Gasteiger partial charge on any atom is 0.407 e. The van der Waals surface area contributed by atoms with E-state index < -0.39 is 36.0 Å². The van der Waals surface area contributed by atoms with Gasteiger partial charge in [-0.05, 0) is 35.6 Å². The van der Waals surface area contributed by atoms with E-state index in [2.05, 4.69) is 10.6 Å². The van der Waals surface area contributed by atoms with Gasteiger partial charge in [0.1, 0.15) is 17.9 Å². The van der Waals surface area contributed by atoms with Crippen molar-refractivity contribution in [3.8, 4) is 6.07 Å². The zero-order chi connectivity index (χ0) is 26.0. The number of ether oxygens (including phenoxy) is 1. The van der Waals surface area contributed by atoms with Crippen LogP contribution in [0.15, 0.2) is 54.6 Å². The van der Waals surface area contributed by atoms with Crippen LogP contribution in [0.2, 0.25) is 0 Å². The van der Waals surface area contributed by atoms with Crippen LogP contribution in [0.4, 0.5) is 17.6 Å². The van der Waals surface area contributed by atoms with Crippen LogP contribution in [-0.2, 0) is 16.1 Å². The Morgan fingerprint density at radius 3 is 2.33 bits per heavy atom. The summed E-state index contributed by atoms with van der Waals surface area (Å²) < 4.78 is 60.9. The number of hydrogen-bond acceptors (Lipinski definition) is 4. The second-order valence-corrected chi connectivity index (χ2v) is 9.18. The minimum Gasteiger partial charge on any atom is -0.374 e. The number of rotatable bonds is 11. The molecule has 3 rings (SSSR count). The maximum absolute atomic E-state index is 14.0. The van der Waals surface area contributed by atoms with Crippen molar-refractivity contribution in [2.45, 2.75) is 69.4 Å². The number of hydrogen-bond donors (Lipinski definition) is 2. The first kappa shape index (κ1) is 27.6. The topological polar surface area (TPSA) is 74.1 Å². The van der Waals surface area contributed by atoms with Gasteiger partial charge in [-0.3, -0.25) is 10.1 Å². The molecular weight excluding hydrogens is 474 g/mol. The second kappa shape index (κ2) is 13.4. The Bertz CT molecular complexity index is 987. The Balaban J connectivity index is 1.71. The van der Waals surface area contributed by atoms with Crippen LogP contribution < -0.4 is 10.6 Å². The highest BCUT2D eigenvalue weighted by Crippen LogP contribution is 2.35. The normalized spacial score (nSPS) is 17.1. The highest BCUT2D eigenvalue weighted by molar-refractivity contribution is 5.82. The molecule has 3 atom stereocenters. The molecule has 1 aliphatic carbocycles. The highest BCUT2D eigenvalue weighted by atomic mass is 19.4. The first-order valence-electron chi connectivity index (χ1n) is 12.2. The Kier molecular flexibility index (Phi) is 10.3. The Hall–Kier alpha value is -2.96. The fraction of sp³-hybridized carbons (Fsp3) is 0.481. The van der Waals surface area contributed by atoms with Crippen molar-refractivity contribution in [1.82, 2.24) is 10.6 Å². The number of nitrogens with one attached hydrogen (secondary N) is 2. The van der Waals surface area contributed by atoms with Crippen LogP contribution in [0.5, 0.6) is 0 Å². The predicted molar refractivity (Wildman–Crippen MR) is 127 cm³/mol. The van der Waals surface area contributed by atoms with Gasteiger partial charge in [-0.25, -0.2) is 4.39 Å². The molecule has 194 valence electrons. The lowest BCUT2D eigenvalue weighted by Gasteiger charge is -2.31. The molecule has 0 radical (unpaired) electrons. The van der Waals surface area contributed by atoms with Crippen LogP contribution in [0.1, 0.15) is 55.7 Å². The van der Waals surface area contributed by atoms with E-state index in [-0.39, 0.29) is 31.1 Å². The average Bonchev–Trinajstić information content (AvgIpc) is 2.87. The summed E-state index contributed by atoms with van der Waals surface area (Å²) in [7, 11) is 0. The Morgan fingerprint density at radius 1 is 1.06 bits per heavy atom. The summed E-state index contributed by atoms with van der Waals surface area (Å²) in [5, 5.41) is 14.5. The molecule has 1 fully saturated rings. The van der Waals surface area contributed by atoms with Gasteiger partial charge in [0.2, 0.25) is 5.91 Å². The molecule has 1 aliphatic rings. The van der Waals surface area contributed by atoms with Crippen LogP contribution in [0, 0.1) is 23.1 Å². The van der Waals surface area contributed by atoms with E-state index >= 15 is 0 Å². The lowest BCUT2D eigenvalue weighted by atomic mass is 9.84. The lowest BCUT2D eigenvalue weighted by Crippen LogP contribution is -2.52. The number of carbonyl (C=O) groups excluding carboxylic acids is 1. The fourth-order valence-corrected chi connectivity index (χ4v) is 4.50. The molecule has 0 bridgehead atoms. The molecule has 9 heteroatoms. The minimum absolute atomic E-state index is 0.0963. The smallest absolute Gasteiger partial charge is 0.374 e. The van der Waals surface area contributed by atoms with Gasteiger partial charge in [0.25, 0.3) is 0 Å². The maximum atomic E-state index is 14.0. The Morgan fingerprint density at radius 2 is 1.72 bits per heavy atom. The third kappa shape index (κ3) is 8.61. The molecule has 0 unspecified atom stereocenters. The van der Waals surface area contributed by atoms with E-state index in [9.17, 15) is 27.6 Å². The molecule has 1 saturated carbocycles. The predicted octanol–water partition coefficient (Wildman–Crippen LogP) is 5.58. The molecule has 0 saturated heterocycles. The van der Waals surface area contributed by atoms with Gasteiger partial charge < -0.3 is 10.1 Å². The van der Waals surface area contributed by atoms with Gasteiger partial charge in [0.15, 0.2) is 0 Å². The summed E-state index contributed by atoms with van der Waals surface area (Å²) >= 11 is 0. The molecule has 2 aromatic carbocycles. The summed E-state index contributed by atoms with van der Waals surface area (Å²) in [5.74, 6) is -1.24. The first-order chi connectivity index (χ1) is 17.3. The largest absolute Gasteiger partial charge is 0.407 e. The number of halogens is 4. The Labute approximate surface area is 208 Å². The van der Waals surface area contributed by atoms with Crippen LogP contribution in [-0.4, -0.2) is 30.8 Å². The zero-order valence-corrected chi connectivity index (χ0v) is 19.9. The second-order valence-electron chi connectivity index (χ2n) is 9.18. The van der Waals surface area contributed by atoms with Crippen molar-refractivity contribution in [2.24, 2.45) is 5.92 Å². The van der Waals surface area contributed by atoms with E-state index in [1.165, 1.54) is 0 Å². The van der Waals surface area contributed by atoms with E-state index in [1.807, 2.05) is 36.4 Å². The van der Waals surface area contributed by atoms with Gasteiger partial charge in [0.05, 0.1) is 25.3 Å². The summed E-state index contributed by atoms with van der Waals surface area (Å²) in [5.41, 5.74) is 0.707. The van der Waals surface area contributed by atoms with E-state index in [4.69, 9.17) is 4.74 Å². The number of benzene rings is 2. The van der Waals surface area contributed by atoms with Crippen LogP contribution in [0.3, 0.4) is 0 Å². The van der Waals surface area contributed by atoms with Gasteiger partial charge in [0, 0.05) is 0 Å². The lowest BCUT2D eigenvalue weighted by molar-refractivity contribution is -0.161. The van der Waals surface area contributed by atoms with Crippen LogP contribution in [0.25, 0.3) is 0 Å². The summed E-state index contributed by atoms with van der Waals surface area (Å²) in [6, 6.07) is 10.9. The number of alkyl halides is 3. The van der Waals surface area contributed by atoms with Crippen molar-refractivity contribution in [3.63, 3.8) is 0 Å². The summed E-state index contributed by atoms with van der Waals surface area (Å²) in [6.07, 6.45) is 0.165. The van der Waals surface area contributed by atoms with Gasteiger partial charge >= 0.3 is 6.18 Å². The van der Waals surface area contributed by atoms with Crippen molar-refractivity contribution < 1.29 is 27.1 Å². The molecule has 0 spiro atoms. The van der Waals surface area contributed by atoms with Gasteiger partial charge in [-0.15, -0.1) is 0 Å². The van der Waals surface area contributed by atoms with Crippen molar-refractivity contribution in [3.05, 3.63) is 71.5 Å². The molecule has 0 aliphatic heterocycles. The van der Waals surface area contributed by atoms with Crippen molar-refractivity contribution in [1.29, 1.82) is 5.26 Å². The molecule has 1 amide bonds. The quantitative estimate of drug-likeness (QED) is 0.391. The minimum atomic E-state index is -4.71. The van der Waals surface area contributed by atoms with Crippen molar-refractivity contribution in [2.75, 3.05) is 6.61 Å². The molecular formula is C27H31F4N3O2. The number of nitrogens with zero attached hydrogens (tertiary/aromatic N) is 1. The monoisotopic (exact) mass is 505 g/mol. The van der Waals surface area contributed by atoms with E-state index in [1.54, 1.807) is 0 Å². The molecule has 36 heavy (non-hydrogen) atoms. The van der Waals surface area contributed by atoms with Crippen LogP contribution >= 0.6 is 0 Å². The standard InChI is InChI=1S/C27H31F4N3O2/c28-22-13-11-21(12-14-22)25(27(29,30)31)34-24(15-19-7-3-1-4-8-19)26(35)33-23(16-32)18-36-17-20-9-5-2-6-10-20/h2,5-6,9-14,19,23-25,34H,1,3-4,7-8,15,17-18H2,(H,33,35)/t23-,24+,25+/m1/s1. The third-order valence-electron chi connectivity index (χ3n) is 6.38. The average molecular weight is 506 g/mol. The fourth-order valence-electron chi connectivity index (χ4n) is 4.50. The third-order valence-corrected chi connectivity index (χ3v) is 6.38. The molecule has 0 heterocycles. The number of carbonyl (C=O) groups is 1. The molecule has 2 N–H and O–H groups in total. The number of nitriles is 1. The van der Waals surface area contributed by atoms with Gasteiger partial charge in [-0.1, -0.05) is 74.6 Å².